The van der Waals surface area contributed by atoms with Crippen molar-refractivity contribution in [3.63, 3.8) is 0 Å². The molecule has 1 atom stereocenters. The highest BCUT2D eigenvalue weighted by atomic mass is 16.5. The van der Waals surface area contributed by atoms with Crippen LogP contribution in [0.25, 0.3) is 0 Å². The molecule has 24 heavy (non-hydrogen) atoms. The Bertz CT molecular complexity index is 574. The fourth-order valence-corrected chi connectivity index (χ4v) is 3.48. The minimum absolute atomic E-state index is 0.0289. The second-order valence-electron chi connectivity index (χ2n) is 6.71. The molecule has 1 aliphatic carbocycles. The molecule has 1 unspecified atom stereocenters. The van der Waals surface area contributed by atoms with E-state index in [4.69, 9.17) is 9.26 Å². The Morgan fingerprint density at radius 2 is 2.08 bits per heavy atom. The van der Waals surface area contributed by atoms with Gasteiger partial charge in [0.15, 0.2) is 5.82 Å². The zero-order valence-corrected chi connectivity index (χ0v) is 14.1. The van der Waals surface area contributed by atoms with Crippen LogP contribution in [-0.2, 0) is 14.3 Å². The van der Waals surface area contributed by atoms with E-state index in [0.717, 1.165) is 45.1 Å². The van der Waals surface area contributed by atoms with Crippen molar-refractivity contribution < 1.29 is 18.8 Å². The van der Waals surface area contributed by atoms with E-state index in [1.807, 2.05) is 0 Å². The average Bonchev–Trinajstić information content (AvgIpc) is 3.28. The molecular weight excluding hydrogens is 310 g/mol. The summed E-state index contributed by atoms with van der Waals surface area (Å²) in [6, 6.07) is 1.65. The molecule has 2 aliphatic rings. The van der Waals surface area contributed by atoms with Gasteiger partial charge in [-0.2, -0.15) is 0 Å². The molecule has 2 amide bonds. The van der Waals surface area contributed by atoms with Crippen molar-refractivity contribution in [2.75, 3.05) is 25.0 Å². The molecule has 1 aliphatic heterocycles. The van der Waals surface area contributed by atoms with Gasteiger partial charge in [0.25, 0.3) is 0 Å². The summed E-state index contributed by atoms with van der Waals surface area (Å²) in [7, 11) is 0. The summed E-state index contributed by atoms with van der Waals surface area (Å²) in [6.07, 6.45) is 6.02. The van der Waals surface area contributed by atoms with Crippen LogP contribution in [0.3, 0.4) is 0 Å². The molecule has 7 heteroatoms. The predicted octanol–water partition coefficient (Wildman–Crippen LogP) is 2.12. The number of aryl methyl sites for hydroxylation is 1. The van der Waals surface area contributed by atoms with E-state index in [1.54, 1.807) is 17.9 Å². The third-order valence-electron chi connectivity index (χ3n) is 4.69. The highest BCUT2D eigenvalue weighted by Gasteiger charge is 2.31. The summed E-state index contributed by atoms with van der Waals surface area (Å²) in [4.78, 5) is 26.7. The fraction of sp³-hybridized carbons (Fsp3) is 0.706. The summed E-state index contributed by atoms with van der Waals surface area (Å²) < 4.78 is 10.6. The highest BCUT2D eigenvalue weighted by molar-refractivity contribution is 5.94. The molecule has 1 saturated heterocycles. The lowest BCUT2D eigenvalue weighted by Gasteiger charge is -2.27. The minimum atomic E-state index is -0.257. The number of hydrogen-bond donors (Lipinski definition) is 1. The number of nitrogens with zero attached hydrogens (tertiary/aromatic N) is 2. The molecule has 1 saturated carbocycles. The Balaban J connectivity index is 1.61. The van der Waals surface area contributed by atoms with Crippen molar-refractivity contribution in [1.29, 1.82) is 0 Å². The van der Waals surface area contributed by atoms with Gasteiger partial charge in [-0.25, -0.2) is 0 Å². The molecule has 0 radical (unpaired) electrons. The molecule has 132 valence electrons. The summed E-state index contributed by atoms with van der Waals surface area (Å²) >= 11 is 0. The maximum absolute atomic E-state index is 12.8. The molecule has 0 spiro atoms. The van der Waals surface area contributed by atoms with Crippen LogP contribution in [-0.4, -0.2) is 47.7 Å². The van der Waals surface area contributed by atoms with Gasteiger partial charge in [-0.1, -0.05) is 18.0 Å². The first-order chi connectivity index (χ1) is 11.6. The molecule has 1 aromatic rings. The fourth-order valence-electron chi connectivity index (χ4n) is 3.48. The first-order valence-corrected chi connectivity index (χ1v) is 8.75. The molecule has 2 heterocycles. The Kier molecular flexibility index (Phi) is 5.50. The Labute approximate surface area is 141 Å². The summed E-state index contributed by atoms with van der Waals surface area (Å²) in [5.41, 5.74) is 0. The highest BCUT2D eigenvalue weighted by Crippen LogP contribution is 2.27. The van der Waals surface area contributed by atoms with Crippen molar-refractivity contribution in [2.24, 2.45) is 5.92 Å². The maximum atomic E-state index is 12.8. The summed E-state index contributed by atoms with van der Waals surface area (Å²) in [6.45, 7) is 3.01. The van der Waals surface area contributed by atoms with E-state index >= 15 is 0 Å². The lowest BCUT2D eigenvalue weighted by Crippen LogP contribution is -2.44. The number of ether oxygens (including phenoxy) is 1. The zero-order valence-electron chi connectivity index (χ0n) is 14.1. The number of hydrogen-bond acceptors (Lipinski definition) is 5. The number of amides is 2. The van der Waals surface area contributed by atoms with Gasteiger partial charge in [-0.15, -0.1) is 0 Å². The SMILES string of the molecule is Cc1cc(NC(=O)CN(CC2CCCO2)C(=O)C2CCCC2)no1. The van der Waals surface area contributed by atoms with E-state index in [2.05, 4.69) is 10.5 Å². The van der Waals surface area contributed by atoms with Gasteiger partial charge in [0, 0.05) is 25.1 Å². The first-order valence-electron chi connectivity index (χ1n) is 8.75. The second-order valence-corrected chi connectivity index (χ2v) is 6.71. The van der Waals surface area contributed by atoms with Crippen LogP contribution >= 0.6 is 0 Å². The van der Waals surface area contributed by atoms with Crippen molar-refractivity contribution in [1.82, 2.24) is 10.1 Å². The number of nitrogens with one attached hydrogen (secondary N) is 1. The monoisotopic (exact) mass is 335 g/mol. The van der Waals surface area contributed by atoms with Gasteiger partial charge in [-0.05, 0) is 32.6 Å². The van der Waals surface area contributed by atoms with Crippen LogP contribution in [0.2, 0.25) is 0 Å². The van der Waals surface area contributed by atoms with Crippen LogP contribution in [0.1, 0.15) is 44.3 Å². The van der Waals surface area contributed by atoms with Crippen LogP contribution in [0.15, 0.2) is 10.6 Å². The number of carbonyl (C=O) groups excluding carboxylic acids is 2. The number of anilines is 1. The molecular formula is C17H25N3O4. The van der Waals surface area contributed by atoms with Gasteiger partial charge in [0.2, 0.25) is 11.8 Å². The van der Waals surface area contributed by atoms with E-state index in [-0.39, 0.29) is 30.4 Å². The van der Waals surface area contributed by atoms with Crippen LogP contribution < -0.4 is 5.32 Å². The molecule has 0 aromatic carbocycles. The lowest BCUT2D eigenvalue weighted by atomic mass is 10.1. The van der Waals surface area contributed by atoms with Gasteiger partial charge in [-0.3, -0.25) is 9.59 Å². The van der Waals surface area contributed by atoms with Crippen LogP contribution in [0, 0.1) is 12.8 Å². The third-order valence-corrected chi connectivity index (χ3v) is 4.69. The third kappa shape index (κ3) is 4.35. The first kappa shape index (κ1) is 17.0. The number of rotatable bonds is 6. The molecule has 3 rings (SSSR count). The largest absolute Gasteiger partial charge is 0.376 e. The van der Waals surface area contributed by atoms with Crippen molar-refractivity contribution in [3.8, 4) is 0 Å². The Morgan fingerprint density at radius 3 is 2.71 bits per heavy atom. The molecule has 0 bridgehead atoms. The minimum Gasteiger partial charge on any atom is -0.376 e. The van der Waals surface area contributed by atoms with E-state index < -0.39 is 0 Å². The lowest BCUT2D eigenvalue weighted by molar-refractivity contribution is -0.139. The predicted molar refractivity (Wildman–Crippen MR) is 87.4 cm³/mol. The summed E-state index contributed by atoms with van der Waals surface area (Å²) in [5, 5.41) is 6.44. The van der Waals surface area contributed by atoms with Gasteiger partial charge < -0.3 is 19.5 Å². The molecule has 1 aromatic heterocycles. The Hall–Kier alpha value is -1.89. The molecule has 1 N–H and O–H groups in total. The Morgan fingerprint density at radius 1 is 1.29 bits per heavy atom. The van der Waals surface area contributed by atoms with Gasteiger partial charge in [0.05, 0.1) is 6.10 Å². The average molecular weight is 335 g/mol. The standard InChI is InChI=1S/C17H25N3O4/c1-12-9-15(19-24-12)18-16(21)11-20(10-14-7-4-8-23-14)17(22)13-5-2-3-6-13/h9,13-14H,2-8,10-11H2,1H3,(H,18,19,21). The topological polar surface area (TPSA) is 84.7 Å². The van der Waals surface area contributed by atoms with Gasteiger partial charge in [0.1, 0.15) is 12.3 Å². The normalized spacial score (nSPS) is 21.1. The number of carbonyl (C=O) groups is 2. The summed E-state index contributed by atoms with van der Waals surface area (Å²) in [5.74, 6) is 0.877. The van der Waals surface area contributed by atoms with Crippen molar-refractivity contribution in [2.45, 2.75) is 51.6 Å². The van der Waals surface area contributed by atoms with Crippen LogP contribution in [0.5, 0.6) is 0 Å². The zero-order chi connectivity index (χ0) is 16.9. The smallest absolute Gasteiger partial charge is 0.245 e. The van der Waals surface area contributed by atoms with Gasteiger partial charge >= 0.3 is 0 Å². The second kappa shape index (κ2) is 7.79. The van der Waals surface area contributed by atoms with E-state index in [9.17, 15) is 9.59 Å². The van der Waals surface area contributed by atoms with Crippen molar-refractivity contribution >= 4 is 17.6 Å². The quantitative estimate of drug-likeness (QED) is 0.861. The number of aromatic nitrogens is 1. The van der Waals surface area contributed by atoms with Crippen molar-refractivity contribution in [3.05, 3.63) is 11.8 Å². The molecule has 2 fully saturated rings. The maximum Gasteiger partial charge on any atom is 0.245 e. The van der Waals surface area contributed by atoms with E-state index in [1.165, 1.54) is 0 Å². The van der Waals surface area contributed by atoms with E-state index in [0.29, 0.717) is 18.1 Å². The molecule has 7 nitrogen and oxygen atoms in total. The van der Waals surface area contributed by atoms with Crippen LogP contribution in [0.4, 0.5) is 5.82 Å².